The lowest BCUT2D eigenvalue weighted by atomic mass is 9.70. The van der Waals surface area contributed by atoms with Crippen LogP contribution in [-0.4, -0.2) is 25.6 Å². The first-order valence-electron chi connectivity index (χ1n) is 7.34. The van der Waals surface area contributed by atoms with Crippen LogP contribution in [0.5, 0.6) is 0 Å². The monoisotopic (exact) mass is 272 g/mol. The van der Waals surface area contributed by atoms with E-state index in [-0.39, 0.29) is 5.78 Å². The van der Waals surface area contributed by atoms with Crippen molar-refractivity contribution in [2.45, 2.75) is 31.1 Å². The molecule has 1 aromatic rings. The fourth-order valence-electron chi connectivity index (χ4n) is 3.08. The third-order valence-electron chi connectivity index (χ3n) is 4.27. The third kappa shape index (κ3) is 2.38. The van der Waals surface area contributed by atoms with Gasteiger partial charge in [-0.15, -0.1) is 0 Å². The summed E-state index contributed by atoms with van der Waals surface area (Å²) in [6.45, 7) is 1.92. The Bertz CT molecular complexity index is 498. The lowest BCUT2D eigenvalue weighted by Crippen LogP contribution is -2.42. The molecule has 0 aliphatic carbocycles. The van der Waals surface area contributed by atoms with Crippen molar-refractivity contribution >= 4 is 5.78 Å². The maximum Gasteiger partial charge on any atom is 0.207 e. The zero-order valence-electron chi connectivity index (χ0n) is 11.6. The van der Waals surface area contributed by atoms with Crippen molar-refractivity contribution in [3.63, 3.8) is 0 Å². The first-order valence-corrected chi connectivity index (χ1v) is 7.34. The van der Waals surface area contributed by atoms with Crippen LogP contribution in [-0.2, 0) is 19.7 Å². The first-order chi connectivity index (χ1) is 9.83. The van der Waals surface area contributed by atoms with Gasteiger partial charge in [-0.1, -0.05) is 30.3 Å². The second-order valence-corrected chi connectivity index (χ2v) is 5.45. The van der Waals surface area contributed by atoms with Crippen molar-refractivity contribution in [3.8, 4) is 0 Å². The summed E-state index contributed by atoms with van der Waals surface area (Å²) in [4.78, 5) is 13.0. The van der Waals surface area contributed by atoms with Crippen LogP contribution in [0.3, 0.4) is 0 Å². The van der Waals surface area contributed by atoms with Gasteiger partial charge in [-0.05, 0) is 37.3 Å². The highest BCUT2D eigenvalue weighted by molar-refractivity contribution is 6.02. The Balaban J connectivity index is 1.97. The van der Waals surface area contributed by atoms with E-state index in [0.29, 0.717) is 25.6 Å². The second kappa shape index (κ2) is 5.80. The van der Waals surface area contributed by atoms with Crippen LogP contribution < -0.4 is 0 Å². The number of allylic oxidation sites excluding steroid dienone is 2. The molecule has 0 N–H and O–H groups in total. The van der Waals surface area contributed by atoms with Crippen LogP contribution >= 0.6 is 0 Å². The van der Waals surface area contributed by atoms with E-state index in [1.165, 1.54) is 0 Å². The summed E-state index contributed by atoms with van der Waals surface area (Å²) in [7, 11) is 0. The number of ether oxygens (including phenoxy) is 2. The summed E-state index contributed by atoms with van der Waals surface area (Å²) in [5.74, 6) is 0.689. The van der Waals surface area contributed by atoms with Gasteiger partial charge in [0.25, 0.3) is 0 Å². The average Bonchev–Trinajstić information content (AvgIpc) is 2.56. The number of hydrogen-bond acceptors (Lipinski definition) is 3. The summed E-state index contributed by atoms with van der Waals surface area (Å²) in [6, 6.07) is 10.1. The maximum atomic E-state index is 13.0. The zero-order chi connectivity index (χ0) is 13.8. The number of rotatable bonds is 3. The highest BCUT2D eigenvalue weighted by Gasteiger charge is 2.43. The van der Waals surface area contributed by atoms with Gasteiger partial charge in [-0.25, -0.2) is 0 Å². The third-order valence-corrected chi connectivity index (χ3v) is 4.27. The highest BCUT2D eigenvalue weighted by atomic mass is 16.5. The molecule has 0 radical (unpaired) electrons. The topological polar surface area (TPSA) is 35.5 Å². The van der Waals surface area contributed by atoms with Gasteiger partial charge >= 0.3 is 0 Å². The van der Waals surface area contributed by atoms with Gasteiger partial charge in [0.1, 0.15) is 0 Å². The van der Waals surface area contributed by atoms with Crippen molar-refractivity contribution in [2.75, 3.05) is 19.8 Å². The Kier molecular flexibility index (Phi) is 3.88. The molecule has 3 rings (SSSR count). The molecule has 1 fully saturated rings. The minimum atomic E-state index is -0.470. The fourth-order valence-corrected chi connectivity index (χ4v) is 3.08. The standard InChI is InChI=1S/C17H20O3/c18-16(15-8-4-5-11-20-15)17(9-12-19-13-10-17)14-6-2-1-3-7-14/h1-3,6-8H,4-5,9-13H2. The van der Waals surface area contributed by atoms with Gasteiger partial charge in [-0.3, -0.25) is 4.79 Å². The minimum Gasteiger partial charge on any atom is -0.490 e. The van der Waals surface area contributed by atoms with Crippen molar-refractivity contribution in [1.82, 2.24) is 0 Å². The Morgan fingerprint density at radius 2 is 1.80 bits per heavy atom. The fraction of sp³-hybridized carbons (Fsp3) is 0.471. The molecule has 2 aliphatic rings. The maximum absolute atomic E-state index is 13.0. The minimum absolute atomic E-state index is 0.131. The van der Waals surface area contributed by atoms with Gasteiger partial charge in [0, 0.05) is 13.2 Å². The Morgan fingerprint density at radius 1 is 1.05 bits per heavy atom. The van der Waals surface area contributed by atoms with Gasteiger partial charge < -0.3 is 9.47 Å². The summed E-state index contributed by atoms with van der Waals surface area (Å²) < 4.78 is 11.1. The van der Waals surface area contributed by atoms with Crippen molar-refractivity contribution in [1.29, 1.82) is 0 Å². The molecule has 3 heteroatoms. The Morgan fingerprint density at radius 3 is 2.45 bits per heavy atom. The quantitative estimate of drug-likeness (QED) is 0.848. The first kappa shape index (κ1) is 13.4. The molecule has 0 amide bonds. The second-order valence-electron chi connectivity index (χ2n) is 5.45. The molecule has 0 aromatic heterocycles. The van der Waals surface area contributed by atoms with Gasteiger partial charge in [0.2, 0.25) is 5.78 Å². The van der Waals surface area contributed by atoms with E-state index < -0.39 is 5.41 Å². The van der Waals surface area contributed by atoms with E-state index in [9.17, 15) is 4.79 Å². The number of carbonyl (C=O) groups is 1. The predicted octanol–water partition coefficient (Wildman–Crippen LogP) is 3.00. The molecule has 0 atom stereocenters. The van der Waals surface area contributed by atoms with E-state index in [1.807, 2.05) is 36.4 Å². The van der Waals surface area contributed by atoms with Gasteiger partial charge in [0.05, 0.1) is 12.0 Å². The van der Waals surface area contributed by atoms with E-state index in [4.69, 9.17) is 9.47 Å². The van der Waals surface area contributed by atoms with E-state index in [2.05, 4.69) is 0 Å². The lowest BCUT2D eigenvalue weighted by molar-refractivity contribution is -0.128. The smallest absolute Gasteiger partial charge is 0.207 e. The summed E-state index contributed by atoms with van der Waals surface area (Å²) in [5, 5.41) is 0. The Labute approximate surface area is 119 Å². The normalized spacial score (nSPS) is 21.7. The van der Waals surface area contributed by atoms with Crippen LogP contribution in [0, 0.1) is 0 Å². The van der Waals surface area contributed by atoms with Gasteiger partial charge in [0.15, 0.2) is 5.76 Å². The SMILES string of the molecule is O=C(C1=CCCCO1)C1(c2ccccc2)CCOCC1. The molecule has 1 saturated heterocycles. The molecular weight excluding hydrogens is 252 g/mol. The molecule has 2 heterocycles. The van der Waals surface area contributed by atoms with Crippen LogP contribution in [0.15, 0.2) is 42.2 Å². The molecular formula is C17H20O3. The number of ketones is 1. The molecule has 20 heavy (non-hydrogen) atoms. The van der Waals surface area contributed by atoms with Crippen LogP contribution in [0.1, 0.15) is 31.2 Å². The predicted molar refractivity (Wildman–Crippen MR) is 76.4 cm³/mol. The highest BCUT2D eigenvalue weighted by Crippen LogP contribution is 2.38. The molecule has 2 aliphatic heterocycles. The molecule has 0 bridgehead atoms. The number of hydrogen-bond donors (Lipinski definition) is 0. The van der Waals surface area contributed by atoms with E-state index in [1.54, 1.807) is 0 Å². The molecule has 1 aromatic carbocycles. The molecule has 0 unspecified atom stereocenters. The summed E-state index contributed by atoms with van der Waals surface area (Å²) in [6.07, 6.45) is 5.35. The molecule has 3 nitrogen and oxygen atoms in total. The summed E-state index contributed by atoms with van der Waals surface area (Å²) in [5.41, 5.74) is 0.617. The Hall–Kier alpha value is -1.61. The van der Waals surface area contributed by atoms with Crippen molar-refractivity contribution in [2.24, 2.45) is 0 Å². The average molecular weight is 272 g/mol. The van der Waals surface area contributed by atoms with Crippen LogP contribution in [0.25, 0.3) is 0 Å². The van der Waals surface area contributed by atoms with Crippen molar-refractivity contribution in [3.05, 3.63) is 47.7 Å². The van der Waals surface area contributed by atoms with Crippen LogP contribution in [0.4, 0.5) is 0 Å². The molecule has 106 valence electrons. The zero-order valence-corrected chi connectivity index (χ0v) is 11.6. The molecule has 0 saturated carbocycles. The van der Waals surface area contributed by atoms with E-state index >= 15 is 0 Å². The number of benzene rings is 1. The largest absolute Gasteiger partial charge is 0.490 e. The van der Waals surface area contributed by atoms with Gasteiger partial charge in [-0.2, -0.15) is 0 Å². The molecule has 0 spiro atoms. The number of Topliss-reactive ketones (excluding diaryl/α,β-unsaturated/α-hetero) is 1. The lowest BCUT2D eigenvalue weighted by Gasteiger charge is -2.37. The van der Waals surface area contributed by atoms with Crippen molar-refractivity contribution < 1.29 is 14.3 Å². The van der Waals surface area contributed by atoms with E-state index in [0.717, 1.165) is 31.2 Å². The van der Waals surface area contributed by atoms with Crippen LogP contribution in [0.2, 0.25) is 0 Å². The number of carbonyl (C=O) groups excluding carboxylic acids is 1. The summed E-state index contributed by atoms with van der Waals surface area (Å²) >= 11 is 0.